The smallest absolute Gasteiger partial charge is 0.258 e. The minimum absolute atomic E-state index is 0.0275. The van der Waals surface area contributed by atoms with Crippen molar-refractivity contribution in [1.29, 1.82) is 0 Å². The van der Waals surface area contributed by atoms with Crippen molar-refractivity contribution >= 4 is 17.7 Å². The van der Waals surface area contributed by atoms with Crippen molar-refractivity contribution in [1.82, 2.24) is 10.6 Å². The number of thioether (sulfide) groups is 1. The number of benzene rings is 1. The summed E-state index contributed by atoms with van der Waals surface area (Å²) in [6, 6.07) is 9.40. The fourth-order valence-corrected chi connectivity index (χ4v) is 3.78. The molecule has 2 fully saturated rings. The molecule has 1 aliphatic heterocycles. The second-order valence-electron chi connectivity index (χ2n) is 6.15. The van der Waals surface area contributed by atoms with Crippen molar-refractivity contribution in [3.63, 3.8) is 0 Å². The molecule has 0 bridgehead atoms. The summed E-state index contributed by atoms with van der Waals surface area (Å²) in [5.41, 5.74) is 1.26. The molecule has 1 aromatic carbocycles. The van der Waals surface area contributed by atoms with E-state index in [0.29, 0.717) is 18.1 Å². The third kappa shape index (κ3) is 4.65. The first-order valence-corrected chi connectivity index (χ1v) is 9.22. The van der Waals surface area contributed by atoms with Gasteiger partial charge in [-0.1, -0.05) is 12.1 Å². The van der Waals surface area contributed by atoms with Gasteiger partial charge in [0.1, 0.15) is 5.75 Å². The van der Waals surface area contributed by atoms with Crippen LogP contribution in [0, 0.1) is 0 Å². The second kappa shape index (κ2) is 7.38. The third-order valence-electron chi connectivity index (χ3n) is 4.11. The molecule has 22 heavy (non-hydrogen) atoms. The average molecular weight is 320 g/mol. The number of amides is 1. The molecule has 2 atom stereocenters. The molecule has 0 unspecified atom stereocenters. The molecule has 2 aliphatic rings. The Kier molecular flexibility index (Phi) is 5.26. The fraction of sp³-hybridized carbons (Fsp3) is 0.588. The van der Waals surface area contributed by atoms with Gasteiger partial charge in [0.05, 0.1) is 0 Å². The van der Waals surface area contributed by atoms with Crippen molar-refractivity contribution in [2.24, 2.45) is 0 Å². The first-order valence-electron chi connectivity index (χ1n) is 8.06. The minimum Gasteiger partial charge on any atom is -0.484 e. The predicted molar refractivity (Wildman–Crippen MR) is 90.4 cm³/mol. The fourth-order valence-electron chi connectivity index (χ4n) is 2.61. The first kappa shape index (κ1) is 15.7. The maximum Gasteiger partial charge on any atom is 0.258 e. The summed E-state index contributed by atoms with van der Waals surface area (Å²) < 4.78 is 5.53. The Morgan fingerprint density at radius 1 is 1.27 bits per heavy atom. The molecule has 1 saturated heterocycles. The largest absolute Gasteiger partial charge is 0.484 e. The zero-order valence-electron chi connectivity index (χ0n) is 13.0. The van der Waals surface area contributed by atoms with Crippen molar-refractivity contribution in [3.05, 3.63) is 29.8 Å². The second-order valence-corrected chi connectivity index (χ2v) is 7.30. The highest BCUT2D eigenvalue weighted by Crippen LogP contribution is 2.23. The lowest BCUT2D eigenvalue weighted by Gasteiger charge is -2.19. The van der Waals surface area contributed by atoms with Crippen LogP contribution < -0.4 is 15.4 Å². The Balaban J connectivity index is 1.45. The van der Waals surface area contributed by atoms with Crippen LogP contribution in [0.1, 0.15) is 37.8 Å². The number of hydrogen-bond acceptors (Lipinski definition) is 4. The van der Waals surface area contributed by atoms with E-state index in [-0.39, 0.29) is 12.5 Å². The number of carbonyl (C=O) groups excluding carboxylic acids is 1. The van der Waals surface area contributed by atoms with Gasteiger partial charge in [-0.2, -0.15) is 11.8 Å². The lowest BCUT2D eigenvalue weighted by atomic mass is 10.1. The van der Waals surface area contributed by atoms with Crippen LogP contribution in [0.15, 0.2) is 24.3 Å². The molecule has 0 spiro atoms. The highest BCUT2D eigenvalue weighted by molar-refractivity contribution is 7.99. The van der Waals surface area contributed by atoms with E-state index in [4.69, 9.17) is 4.74 Å². The number of carbonyl (C=O) groups is 1. The minimum atomic E-state index is -0.0275. The summed E-state index contributed by atoms with van der Waals surface area (Å²) in [6.07, 6.45) is 3.46. The van der Waals surface area contributed by atoms with E-state index in [1.807, 2.05) is 23.9 Å². The van der Waals surface area contributed by atoms with Crippen molar-refractivity contribution in [2.75, 3.05) is 18.1 Å². The molecule has 0 radical (unpaired) electrons. The van der Waals surface area contributed by atoms with E-state index in [1.165, 1.54) is 23.5 Å². The Morgan fingerprint density at radius 3 is 2.68 bits per heavy atom. The SMILES string of the molecule is C[C@@H](N[C@H]1CCSC1)c1ccc(OCC(=O)NC2CC2)cc1. The van der Waals surface area contributed by atoms with E-state index < -0.39 is 0 Å². The van der Waals surface area contributed by atoms with Gasteiger partial charge in [0.25, 0.3) is 5.91 Å². The summed E-state index contributed by atoms with van der Waals surface area (Å²) in [5.74, 6) is 3.19. The van der Waals surface area contributed by atoms with Gasteiger partial charge in [0.2, 0.25) is 0 Å². The number of hydrogen-bond donors (Lipinski definition) is 2. The monoisotopic (exact) mass is 320 g/mol. The molecule has 1 aliphatic carbocycles. The van der Waals surface area contributed by atoms with Crippen LogP contribution >= 0.6 is 11.8 Å². The van der Waals surface area contributed by atoms with E-state index in [1.54, 1.807) is 0 Å². The summed E-state index contributed by atoms with van der Waals surface area (Å²) in [5, 5.41) is 6.59. The van der Waals surface area contributed by atoms with Gasteiger partial charge < -0.3 is 15.4 Å². The van der Waals surface area contributed by atoms with Crippen LogP contribution in [0.25, 0.3) is 0 Å². The Morgan fingerprint density at radius 2 is 2.05 bits per heavy atom. The van der Waals surface area contributed by atoms with Crippen molar-refractivity contribution in [2.45, 2.75) is 44.3 Å². The van der Waals surface area contributed by atoms with Gasteiger partial charge in [0.15, 0.2) is 6.61 Å². The van der Waals surface area contributed by atoms with E-state index in [2.05, 4.69) is 29.7 Å². The van der Waals surface area contributed by atoms with E-state index in [9.17, 15) is 4.79 Å². The standard InChI is InChI=1S/C17H24N2O2S/c1-12(18-15-8-9-22-11-15)13-2-6-16(7-3-13)21-10-17(20)19-14-4-5-14/h2-3,6-7,12,14-15,18H,4-5,8-11H2,1H3,(H,19,20)/t12-,15+/m1/s1. The molecule has 120 valence electrons. The quantitative estimate of drug-likeness (QED) is 0.810. The molecule has 1 saturated carbocycles. The van der Waals surface area contributed by atoms with Gasteiger partial charge in [-0.05, 0) is 49.6 Å². The van der Waals surface area contributed by atoms with Crippen molar-refractivity contribution in [3.8, 4) is 5.75 Å². The molecular formula is C17H24N2O2S. The maximum atomic E-state index is 11.6. The van der Waals surface area contributed by atoms with Crippen LogP contribution in [0.4, 0.5) is 0 Å². The van der Waals surface area contributed by atoms with Crippen LogP contribution in [0.5, 0.6) is 5.75 Å². The molecule has 5 heteroatoms. The Hall–Kier alpha value is -1.20. The zero-order valence-corrected chi connectivity index (χ0v) is 13.8. The van der Waals surface area contributed by atoms with E-state index in [0.717, 1.165) is 18.6 Å². The van der Waals surface area contributed by atoms with Gasteiger partial charge in [-0.15, -0.1) is 0 Å². The predicted octanol–water partition coefficient (Wildman–Crippen LogP) is 2.50. The molecule has 4 nitrogen and oxygen atoms in total. The molecular weight excluding hydrogens is 296 g/mol. The van der Waals surface area contributed by atoms with E-state index >= 15 is 0 Å². The summed E-state index contributed by atoms with van der Waals surface area (Å²) >= 11 is 2.02. The lowest BCUT2D eigenvalue weighted by Crippen LogP contribution is -2.31. The van der Waals surface area contributed by atoms with Crippen LogP contribution in [-0.2, 0) is 4.79 Å². The zero-order chi connectivity index (χ0) is 15.4. The summed E-state index contributed by atoms with van der Waals surface area (Å²) in [6.45, 7) is 2.30. The summed E-state index contributed by atoms with van der Waals surface area (Å²) in [7, 11) is 0. The van der Waals surface area contributed by atoms with Crippen LogP contribution in [0.2, 0.25) is 0 Å². The van der Waals surface area contributed by atoms with Gasteiger partial charge in [-0.25, -0.2) is 0 Å². The van der Waals surface area contributed by atoms with Crippen molar-refractivity contribution < 1.29 is 9.53 Å². The average Bonchev–Trinajstić information content (AvgIpc) is 3.18. The third-order valence-corrected chi connectivity index (χ3v) is 5.27. The molecule has 1 amide bonds. The summed E-state index contributed by atoms with van der Waals surface area (Å²) in [4.78, 5) is 11.6. The Labute approximate surface area is 136 Å². The highest BCUT2D eigenvalue weighted by Gasteiger charge is 2.23. The number of ether oxygens (including phenoxy) is 1. The Bertz CT molecular complexity index is 496. The molecule has 0 aromatic heterocycles. The normalized spacial score (nSPS) is 22.3. The van der Waals surface area contributed by atoms with Crippen LogP contribution in [-0.4, -0.2) is 36.1 Å². The van der Waals surface area contributed by atoms with Gasteiger partial charge >= 0.3 is 0 Å². The maximum absolute atomic E-state index is 11.6. The molecule has 1 heterocycles. The lowest BCUT2D eigenvalue weighted by molar-refractivity contribution is -0.123. The van der Waals surface area contributed by atoms with Crippen LogP contribution in [0.3, 0.4) is 0 Å². The molecule has 1 aromatic rings. The molecule has 3 rings (SSSR count). The first-order chi connectivity index (χ1) is 10.7. The van der Waals surface area contributed by atoms with Gasteiger partial charge in [-0.3, -0.25) is 4.79 Å². The number of nitrogens with one attached hydrogen (secondary N) is 2. The van der Waals surface area contributed by atoms with Gasteiger partial charge in [0, 0.05) is 23.9 Å². The highest BCUT2D eigenvalue weighted by atomic mass is 32.2. The number of rotatable bonds is 7. The topological polar surface area (TPSA) is 50.4 Å². The molecule has 2 N–H and O–H groups in total.